The Hall–Kier alpha value is -0.730. The van der Waals surface area contributed by atoms with Crippen molar-refractivity contribution in [1.82, 2.24) is 4.90 Å². The van der Waals surface area contributed by atoms with Gasteiger partial charge >= 0.3 is 6.09 Å². The largest absolute Gasteiger partial charge is 0.444 e. The fraction of sp³-hybridized carbons (Fsp3) is 0.917. The second-order valence-electron chi connectivity index (χ2n) is 6.35. The van der Waals surface area contributed by atoms with Crippen molar-refractivity contribution in [2.75, 3.05) is 13.1 Å². The number of carbonyl (C=O) groups is 1. The van der Waals surface area contributed by atoms with Crippen molar-refractivity contribution in [2.45, 2.75) is 46.1 Å². The van der Waals surface area contributed by atoms with Crippen molar-refractivity contribution in [1.29, 1.82) is 0 Å². The van der Waals surface area contributed by atoms with Gasteiger partial charge in [0.2, 0.25) is 0 Å². The maximum atomic E-state index is 11.7. The molecule has 2 fully saturated rings. The number of nitrogens with zero attached hydrogens (tertiary/aromatic N) is 1. The van der Waals surface area contributed by atoms with Crippen molar-refractivity contribution in [3.05, 3.63) is 0 Å². The van der Waals surface area contributed by atoms with E-state index in [2.05, 4.69) is 6.92 Å². The van der Waals surface area contributed by atoms with Gasteiger partial charge in [-0.3, -0.25) is 0 Å². The van der Waals surface area contributed by atoms with E-state index in [0.717, 1.165) is 19.0 Å². The van der Waals surface area contributed by atoms with Crippen LogP contribution in [0.4, 0.5) is 4.79 Å². The van der Waals surface area contributed by atoms with E-state index in [1.807, 2.05) is 25.7 Å². The van der Waals surface area contributed by atoms with E-state index in [-0.39, 0.29) is 11.7 Å². The molecule has 2 rings (SSSR count). The monoisotopic (exact) mass is 211 g/mol. The van der Waals surface area contributed by atoms with Crippen LogP contribution in [0, 0.1) is 11.3 Å². The summed E-state index contributed by atoms with van der Waals surface area (Å²) >= 11 is 0. The van der Waals surface area contributed by atoms with E-state index in [1.165, 1.54) is 12.8 Å². The molecule has 0 aromatic heterocycles. The number of hydrogen-bond donors (Lipinski definition) is 0. The van der Waals surface area contributed by atoms with Crippen LogP contribution in [0.15, 0.2) is 0 Å². The highest BCUT2D eigenvalue weighted by molar-refractivity contribution is 5.69. The lowest BCUT2D eigenvalue weighted by Gasteiger charge is -2.58. The third-order valence-corrected chi connectivity index (χ3v) is 3.27. The fourth-order valence-corrected chi connectivity index (χ4v) is 2.90. The molecule has 2 aliphatic rings. The molecule has 1 aliphatic heterocycles. The van der Waals surface area contributed by atoms with E-state index in [4.69, 9.17) is 4.74 Å². The van der Waals surface area contributed by atoms with Crippen molar-refractivity contribution in [3.63, 3.8) is 0 Å². The first-order chi connectivity index (χ1) is 6.80. The van der Waals surface area contributed by atoms with E-state index in [1.54, 1.807) is 0 Å². The normalized spacial score (nSPS) is 24.7. The Morgan fingerprint density at radius 2 is 1.87 bits per heavy atom. The molecule has 1 amide bonds. The summed E-state index contributed by atoms with van der Waals surface area (Å²) < 4.78 is 5.32. The first-order valence-corrected chi connectivity index (χ1v) is 5.78. The van der Waals surface area contributed by atoms with Gasteiger partial charge in [0, 0.05) is 18.5 Å². The molecule has 86 valence electrons. The van der Waals surface area contributed by atoms with E-state index in [0.29, 0.717) is 5.41 Å². The van der Waals surface area contributed by atoms with Gasteiger partial charge in [-0.1, -0.05) is 6.92 Å². The molecule has 0 unspecified atom stereocenters. The summed E-state index contributed by atoms with van der Waals surface area (Å²) in [6.07, 6.45) is 2.42. The van der Waals surface area contributed by atoms with E-state index < -0.39 is 0 Å². The van der Waals surface area contributed by atoms with Crippen LogP contribution in [-0.2, 0) is 4.74 Å². The van der Waals surface area contributed by atoms with Crippen LogP contribution in [0.1, 0.15) is 40.5 Å². The Kier molecular flexibility index (Phi) is 2.25. The number of ether oxygens (including phenoxy) is 1. The standard InChI is InChI=1S/C12H21NO2/c1-9-5-12(6-9)7-13(8-12)10(14)15-11(2,3)4/h9H,5-8H2,1-4H3. The van der Waals surface area contributed by atoms with Gasteiger partial charge < -0.3 is 9.64 Å². The molecule has 1 heterocycles. The summed E-state index contributed by atoms with van der Waals surface area (Å²) in [6, 6.07) is 0. The van der Waals surface area contributed by atoms with Crippen LogP contribution < -0.4 is 0 Å². The Balaban J connectivity index is 1.77. The minimum Gasteiger partial charge on any atom is -0.444 e. The average Bonchev–Trinajstić information content (AvgIpc) is 1.89. The average molecular weight is 211 g/mol. The molecule has 1 spiro atoms. The number of rotatable bonds is 0. The summed E-state index contributed by atoms with van der Waals surface area (Å²) in [4.78, 5) is 13.5. The first kappa shape index (κ1) is 10.8. The molecule has 0 atom stereocenters. The lowest BCUT2D eigenvalue weighted by atomic mass is 9.58. The number of likely N-dealkylation sites (tertiary alicyclic amines) is 1. The lowest BCUT2D eigenvalue weighted by Crippen LogP contribution is -2.63. The summed E-state index contributed by atoms with van der Waals surface area (Å²) in [5, 5.41) is 0. The molecule has 0 aromatic rings. The molecule has 0 N–H and O–H groups in total. The zero-order valence-electron chi connectivity index (χ0n) is 10.2. The predicted octanol–water partition coefficient (Wildman–Crippen LogP) is 2.65. The van der Waals surface area contributed by atoms with Crippen LogP contribution in [-0.4, -0.2) is 29.7 Å². The Morgan fingerprint density at radius 3 is 2.27 bits per heavy atom. The number of carbonyl (C=O) groups excluding carboxylic acids is 1. The smallest absolute Gasteiger partial charge is 0.410 e. The van der Waals surface area contributed by atoms with Gasteiger partial charge in [-0.25, -0.2) is 4.79 Å². The summed E-state index contributed by atoms with van der Waals surface area (Å²) in [5.74, 6) is 0.853. The van der Waals surface area contributed by atoms with Crippen LogP contribution in [0.5, 0.6) is 0 Å². The molecule has 1 aliphatic carbocycles. The minimum absolute atomic E-state index is 0.146. The molecule has 3 nitrogen and oxygen atoms in total. The maximum absolute atomic E-state index is 11.7. The SMILES string of the molecule is CC1CC2(C1)CN(C(=O)OC(C)(C)C)C2. The second kappa shape index (κ2) is 3.13. The number of hydrogen-bond acceptors (Lipinski definition) is 2. The van der Waals surface area contributed by atoms with Gasteiger partial charge in [0.05, 0.1) is 0 Å². The molecular formula is C12H21NO2. The second-order valence-corrected chi connectivity index (χ2v) is 6.35. The van der Waals surface area contributed by atoms with Gasteiger partial charge in [0.25, 0.3) is 0 Å². The van der Waals surface area contributed by atoms with Gasteiger partial charge in [-0.2, -0.15) is 0 Å². The molecule has 15 heavy (non-hydrogen) atoms. The third-order valence-electron chi connectivity index (χ3n) is 3.27. The molecule has 1 saturated carbocycles. The topological polar surface area (TPSA) is 29.5 Å². The zero-order chi connectivity index (χ0) is 11.3. The van der Waals surface area contributed by atoms with Crippen LogP contribution in [0.2, 0.25) is 0 Å². The van der Waals surface area contributed by atoms with Crippen molar-refractivity contribution in [2.24, 2.45) is 11.3 Å². The third kappa shape index (κ3) is 2.11. The van der Waals surface area contributed by atoms with Gasteiger partial charge in [0.15, 0.2) is 0 Å². The fourth-order valence-electron chi connectivity index (χ4n) is 2.90. The summed E-state index contributed by atoms with van der Waals surface area (Å²) in [6.45, 7) is 9.82. The van der Waals surface area contributed by atoms with Crippen molar-refractivity contribution in [3.8, 4) is 0 Å². The quantitative estimate of drug-likeness (QED) is 0.616. The van der Waals surface area contributed by atoms with Crippen LogP contribution >= 0.6 is 0 Å². The molecule has 1 saturated heterocycles. The van der Waals surface area contributed by atoms with Gasteiger partial charge in [0.1, 0.15) is 5.60 Å². The number of amides is 1. The molecule has 0 bridgehead atoms. The molecule has 0 radical (unpaired) electrons. The van der Waals surface area contributed by atoms with Crippen molar-refractivity contribution >= 4 is 6.09 Å². The van der Waals surface area contributed by atoms with Crippen LogP contribution in [0.3, 0.4) is 0 Å². The molecule has 3 heteroatoms. The van der Waals surface area contributed by atoms with Gasteiger partial charge in [-0.05, 0) is 39.5 Å². The highest BCUT2D eigenvalue weighted by atomic mass is 16.6. The van der Waals surface area contributed by atoms with E-state index >= 15 is 0 Å². The summed E-state index contributed by atoms with van der Waals surface area (Å²) in [7, 11) is 0. The maximum Gasteiger partial charge on any atom is 0.410 e. The van der Waals surface area contributed by atoms with E-state index in [9.17, 15) is 4.79 Å². The summed E-state index contributed by atoms with van der Waals surface area (Å²) in [5.41, 5.74) is 0.100. The highest BCUT2D eigenvalue weighted by Crippen LogP contribution is 2.51. The Bertz CT molecular complexity index is 266. The minimum atomic E-state index is -0.368. The lowest BCUT2D eigenvalue weighted by molar-refractivity contribution is -0.0909. The van der Waals surface area contributed by atoms with Crippen LogP contribution in [0.25, 0.3) is 0 Å². The highest BCUT2D eigenvalue weighted by Gasteiger charge is 2.52. The Labute approximate surface area is 91.8 Å². The van der Waals surface area contributed by atoms with Crippen molar-refractivity contribution < 1.29 is 9.53 Å². The molecular weight excluding hydrogens is 190 g/mol. The first-order valence-electron chi connectivity index (χ1n) is 5.78. The van der Waals surface area contributed by atoms with Gasteiger partial charge in [-0.15, -0.1) is 0 Å². The zero-order valence-corrected chi connectivity index (χ0v) is 10.2. The Morgan fingerprint density at radius 1 is 1.33 bits per heavy atom. The molecule has 0 aromatic carbocycles. The predicted molar refractivity (Wildman–Crippen MR) is 58.6 cm³/mol.